The summed E-state index contributed by atoms with van der Waals surface area (Å²) in [5.74, 6) is 0.782. The summed E-state index contributed by atoms with van der Waals surface area (Å²) in [4.78, 5) is 21.8. The van der Waals surface area contributed by atoms with Gasteiger partial charge in [-0.2, -0.15) is 5.10 Å². The maximum absolute atomic E-state index is 12.2. The van der Waals surface area contributed by atoms with Gasteiger partial charge in [-0.25, -0.2) is 14.6 Å². The lowest BCUT2D eigenvalue weighted by Crippen LogP contribution is -2.52. The number of hydrogen-bond acceptors (Lipinski definition) is 5. The van der Waals surface area contributed by atoms with Crippen LogP contribution in [0.1, 0.15) is 27.7 Å². The number of rotatable bonds is 4. The Kier molecular flexibility index (Phi) is 4.19. The van der Waals surface area contributed by atoms with E-state index >= 15 is 0 Å². The first-order chi connectivity index (χ1) is 12.4. The molecule has 1 fully saturated rings. The van der Waals surface area contributed by atoms with Crippen LogP contribution in [0.15, 0.2) is 12.5 Å². The second-order valence-corrected chi connectivity index (χ2v) is 8.05. The molecule has 0 spiro atoms. The van der Waals surface area contributed by atoms with Gasteiger partial charge in [0.1, 0.15) is 5.39 Å². The number of carbonyl (C=O) groups excluding carboxylic acids is 1. The molecule has 0 aromatic carbocycles. The van der Waals surface area contributed by atoms with Gasteiger partial charge in [0.2, 0.25) is 17.8 Å². The summed E-state index contributed by atoms with van der Waals surface area (Å²) in [6.07, 6.45) is 3.56. The van der Waals surface area contributed by atoms with Crippen LogP contribution in [0.3, 0.4) is 0 Å². The molecule has 8 nitrogen and oxygen atoms in total. The lowest BCUT2D eigenvalue weighted by atomic mass is 10.1. The minimum atomic E-state index is -0.616. The van der Waals surface area contributed by atoms with Crippen molar-refractivity contribution in [2.45, 2.75) is 45.8 Å². The van der Waals surface area contributed by atoms with Gasteiger partial charge in [0.25, 0.3) is 0 Å². The van der Waals surface area contributed by atoms with Crippen molar-refractivity contribution in [2.75, 3.05) is 38.0 Å². The number of anilines is 1. The van der Waals surface area contributed by atoms with E-state index in [1.54, 1.807) is 6.33 Å². The highest BCUT2D eigenvalue weighted by molar-refractivity contribution is 6.02. The minimum Gasteiger partial charge on any atom is -0.299 e. The molecule has 0 aliphatic carbocycles. The Morgan fingerprint density at radius 2 is 1.96 bits per heavy atom. The van der Waals surface area contributed by atoms with Gasteiger partial charge >= 0.3 is 5.91 Å². The van der Waals surface area contributed by atoms with Crippen molar-refractivity contribution in [2.24, 2.45) is 0 Å². The van der Waals surface area contributed by atoms with Crippen molar-refractivity contribution in [3.05, 3.63) is 12.5 Å². The predicted molar refractivity (Wildman–Crippen MR) is 98.8 cm³/mol. The van der Waals surface area contributed by atoms with Crippen molar-refractivity contribution in [3.8, 4) is 0 Å². The molecule has 0 radical (unpaired) electrons. The molecule has 0 unspecified atom stereocenters. The third-order valence-corrected chi connectivity index (χ3v) is 5.76. The molecule has 0 bridgehead atoms. The number of fused-ring (bicyclic) bond motifs is 3. The number of amides is 1. The Hall–Kier alpha value is -2.06. The molecule has 4 heterocycles. The zero-order valence-corrected chi connectivity index (χ0v) is 16.1. The third-order valence-electron chi connectivity index (χ3n) is 5.76. The topological polar surface area (TPSA) is 70.2 Å². The highest BCUT2D eigenvalue weighted by Crippen LogP contribution is 2.26. The van der Waals surface area contributed by atoms with E-state index < -0.39 is 5.54 Å². The van der Waals surface area contributed by atoms with E-state index in [2.05, 4.69) is 39.0 Å². The fourth-order valence-electron chi connectivity index (χ4n) is 3.81. The van der Waals surface area contributed by atoms with Gasteiger partial charge in [0.05, 0.1) is 12.7 Å². The van der Waals surface area contributed by atoms with Crippen molar-refractivity contribution < 1.29 is 9.36 Å². The molecule has 4 rings (SSSR count). The molecule has 2 aliphatic rings. The molecule has 1 N–H and O–H groups in total. The van der Waals surface area contributed by atoms with Crippen LogP contribution < -0.4 is 9.88 Å². The SMILES string of the molecule is CC(C)N1CCN(CCn2ncc3c4[n+](cnc32)C(C)(C)C(=O)N4)CC1. The molecule has 0 saturated carbocycles. The first-order valence-corrected chi connectivity index (χ1v) is 9.42. The molecule has 2 aromatic heterocycles. The number of piperazine rings is 1. The van der Waals surface area contributed by atoms with E-state index in [0.717, 1.165) is 56.1 Å². The van der Waals surface area contributed by atoms with Gasteiger partial charge in [-0.1, -0.05) is 4.98 Å². The van der Waals surface area contributed by atoms with Gasteiger partial charge < -0.3 is 0 Å². The van der Waals surface area contributed by atoms with Crippen LogP contribution in [-0.2, 0) is 16.9 Å². The average Bonchev–Trinajstić information content (AvgIpc) is 3.13. The largest absolute Gasteiger partial charge is 0.320 e. The third kappa shape index (κ3) is 2.77. The summed E-state index contributed by atoms with van der Waals surface area (Å²) in [7, 11) is 0. The summed E-state index contributed by atoms with van der Waals surface area (Å²) in [6, 6.07) is 0.621. The Bertz CT molecular complexity index is 833. The highest BCUT2D eigenvalue weighted by Gasteiger charge is 2.45. The molecule has 2 aliphatic heterocycles. The van der Waals surface area contributed by atoms with Crippen molar-refractivity contribution in [1.29, 1.82) is 0 Å². The first-order valence-electron chi connectivity index (χ1n) is 9.42. The Morgan fingerprint density at radius 1 is 1.23 bits per heavy atom. The minimum absolute atomic E-state index is 0.0115. The van der Waals surface area contributed by atoms with E-state index in [9.17, 15) is 4.79 Å². The smallest absolute Gasteiger partial charge is 0.299 e. The lowest BCUT2D eigenvalue weighted by Gasteiger charge is -2.36. The second kappa shape index (κ2) is 6.28. The van der Waals surface area contributed by atoms with E-state index in [1.165, 1.54) is 0 Å². The van der Waals surface area contributed by atoms with Crippen LogP contribution in [-0.4, -0.2) is 69.2 Å². The molecule has 2 aromatic rings. The normalized spacial score (nSPS) is 20.7. The molecule has 8 heteroatoms. The number of nitrogens with one attached hydrogen (secondary N) is 1. The molecule has 140 valence electrons. The van der Waals surface area contributed by atoms with Gasteiger partial charge in [-0.05, 0) is 27.7 Å². The standard InChI is InChI=1S/C18H27N7O/c1-13(2)23-8-5-22(6-9-23)7-10-25-15-14(11-20-25)16-21-17(26)18(3,4)24(16)12-19-15/h11-13H,5-10H2,1-4H3/p+1. The van der Waals surface area contributed by atoms with Gasteiger partial charge in [0.15, 0.2) is 5.54 Å². The zero-order chi connectivity index (χ0) is 18.5. The van der Waals surface area contributed by atoms with Gasteiger partial charge in [-0.15, -0.1) is 0 Å². The maximum atomic E-state index is 12.2. The van der Waals surface area contributed by atoms with Crippen LogP contribution >= 0.6 is 0 Å². The lowest BCUT2D eigenvalue weighted by molar-refractivity contribution is -0.723. The number of carbonyl (C=O) groups is 1. The summed E-state index contributed by atoms with van der Waals surface area (Å²) >= 11 is 0. The fourth-order valence-corrected chi connectivity index (χ4v) is 3.81. The van der Waals surface area contributed by atoms with E-state index in [0.29, 0.717) is 6.04 Å². The Balaban J connectivity index is 1.48. The van der Waals surface area contributed by atoms with Gasteiger partial charge in [0, 0.05) is 38.8 Å². The Labute approximate surface area is 153 Å². The molecule has 1 amide bonds. The van der Waals surface area contributed by atoms with Crippen LogP contribution in [0, 0.1) is 0 Å². The van der Waals surface area contributed by atoms with Crippen molar-refractivity contribution in [1.82, 2.24) is 24.6 Å². The molecule has 0 atom stereocenters. The predicted octanol–water partition coefficient (Wildman–Crippen LogP) is 0.432. The summed E-state index contributed by atoms with van der Waals surface area (Å²) < 4.78 is 3.84. The highest BCUT2D eigenvalue weighted by atomic mass is 16.2. The summed E-state index contributed by atoms with van der Waals surface area (Å²) in [5.41, 5.74) is 0.212. The van der Waals surface area contributed by atoms with Crippen molar-refractivity contribution in [3.63, 3.8) is 0 Å². The summed E-state index contributed by atoms with van der Waals surface area (Å²) in [5, 5.41) is 8.40. The summed E-state index contributed by atoms with van der Waals surface area (Å²) in [6.45, 7) is 14.5. The van der Waals surface area contributed by atoms with Crippen LogP contribution in [0.2, 0.25) is 0 Å². The molecule has 1 saturated heterocycles. The first kappa shape index (κ1) is 17.4. The van der Waals surface area contributed by atoms with E-state index in [1.807, 2.05) is 29.3 Å². The zero-order valence-electron chi connectivity index (χ0n) is 16.1. The van der Waals surface area contributed by atoms with E-state index in [-0.39, 0.29) is 5.91 Å². The molecular formula is C18H28N7O+. The fraction of sp³-hybridized carbons (Fsp3) is 0.667. The molecule has 26 heavy (non-hydrogen) atoms. The second-order valence-electron chi connectivity index (χ2n) is 8.05. The monoisotopic (exact) mass is 358 g/mol. The van der Waals surface area contributed by atoms with Crippen molar-refractivity contribution >= 4 is 22.8 Å². The quantitative estimate of drug-likeness (QED) is 0.803. The number of nitrogens with zero attached hydrogens (tertiary/aromatic N) is 6. The number of hydrogen-bond donors (Lipinski definition) is 1. The molecular weight excluding hydrogens is 330 g/mol. The maximum Gasteiger partial charge on any atom is 0.320 e. The van der Waals surface area contributed by atoms with Crippen LogP contribution in [0.4, 0.5) is 5.82 Å². The van der Waals surface area contributed by atoms with Crippen LogP contribution in [0.5, 0.6) is 0 Å². The number of aromatic nitrogens is 4. The average molecular weight is 358 g/mol. The Morgan fingerprint density at radius 3 is 2.65 bits per heavy atom. The van der Waals surface area contributed by atoms with Gasteiger partial charge in [-0.3, -0.25) is 14.6 Å². The van der Waals surface area contributed by atoms with Crippen LogP contribution in [0.25, 0.3) is 11.0 Å². The van der Waals surface area contributed by atoms with E-state index in [4.69, 9.17) is 0 Å².